The number of anilines is 2. The standard InChI is InChI=1S/C25H26N4S/c1-4-20-5-2-7-24-25(20)23(6-1)29(30-24)13-3-12-27-14-16-28(17-15-27)21-9-8-19-10-11-26-22(19)18-21/h1-2,4-11,18,26H,3,12-17H2. The second kappa shape index (κ2) is 7.56. The number of piperazine rings is 1. The molecule has 3 aromatic carbocycles. The van der Waals surface area contributed by atoms with Gasteiger partial charge in [0.2, 0.25) is 0 Å². The summed E-state index contributed by atoms with van der Waals surface area (Å²) < 4.78 is 2.49. The van der Waals surface area contributed by atoms with Gasteiger partial charge in [-0.2, -0.15) is 0 Å². The highest BCUT2D eigenvalue weighted by atomic mass is 32.2. The molecule has 0 radical (unpaired) electrons. The zero-order valence-corrected chi connectivity index (χ0v) is 17.9. The van der Waals surface area contributed by atoms with Gasteiger partial charge in [-0.1, -0.05) is 30.3 Å². The Kier molecular flexibility index (Phi) is 4.58. The summed E-state index contributed by atoms with van der Waals surface area (Å²) in [5.74, 6) is 0. The van der Waals surface area contributed by atoms with Crippen LogP contribution >= 0.6 is 11.9 Å². The van der Waals surface area contributed by atoms with Crippen molar-refractivity contribution in [1.82, 2.24) is 9.88 Å². The Hall–Kier alpha value is -2.63. The maximum Gasteiger partial charge on any atom is 0.0563 e. The summed E-state index contributed by atoms with van der Waals surface area (Å²) in [5, 5.41) is 4.07. The fraction of sp³-hybridized carbons (Fsp3) is 0.280. The zero-order valence-electron chi connectivity index (χ0n) is 17.1. The molecular formula is C25H26N4S. The molecule has 1 saturated heterocycles. The molecule has 4 aromatic rings. The van der Waals surface area contributed by atoms with Gasteiger partial charge in [0, 0.05) is 60.4 Å². The summed E-state index contributed by atoms with van der Waals surface area (Å²) in [7, 11) is 0. The first-order valence-corrected chi connectivity index (χ1v) is 11.6. The van der Waals surface area contributed by atoms with E-state index in [9.17, 15) is 0 Å². The summed E-state index contributed by atoms with van der Waals surface area (Å²) >= 11 is 1.90. The van der Waals surface area contributed by atoms with Crippen molar-refractivity contribution in [2.24, 2.45) is 0 Å². The number of aromatic nitrogens is 1. The molecule has 0 aliphatic carbocycles. The number of aromatic amines is 1. The van der Waals surface area contributed by atoms with Crippen LogP contribution in [0.15, 0.2) is 71.8 Å². The number of H-pyrrole nitrogens is 1. The molecule has 2 aliphatic heterocycles. The number of nitrogens with one attached hydrogen (secondary N) is 1. The van der Waals surface area contributed by atoms with Crippen molar-refractivity contribution in [1.29, 1.82) is 0 Å². The number of hydrogen-bond acceptors (Lipinski definition) is 4. The quantitative estimate of drug-likeness (QED) is 0.445. The van der Waals surface area contributed by atoms with Crippen molar-refractivity contribution in [3.8, 4) is 0 Å². The van der Waals surface area contributed by atoms with Gasteiger partial charge < -0.3 is 14.2 Å². The molecule has 0 saturated carbocycles. The predicted molar refractivity (Wildman–Crippen MR) is 129 cm³/mol. The van der Waals surface area contributed by atoms with Gasteiger partial charge in [-0.25, -0.2) is 0 Å². The molecule has 0 atom stereocenters. The van der Waals surface area contributed by atoms with E-state index in [-0.39, 0.29) is 0 Å². The van der Waals surface area contributed by atoms with Crippen molar-refractivity contribution in [2.45, 2.75) is 11.3 Å². The monoisotopic (exact) mass is 414 g/mol. The molecule has 0 bridgehead atoms. The minimum atomic E-state index is 1.10. The average molecular weight is 415 g/mol. The number of fused-ring (bicyclic) bond motifs is 1. The van der Waals surface area contributed by atoms with Gasteiger partial charge in [0.15, 0.2) is 0 Å². The minimum Gasteiger partial charge on any atom is -0.369 e. The third-order valence-corrected chi connectivity index (χ3v) is 7.57. The van der Waals surface area contributed by atoms with Crippen LogP contribution in [-0.2, 0) is 0 Å². The predicted octanol–water partition coefficient (Wildman–Crippen LogP) is 5.36. The lowest BCUT2D eigenvalue weighted by Crippen LogP contribution is -2.46. The van der Waals surface area contributed by atoms with Gasteiger partial charge >= 0.3 is 0 Å². The number of hydrogen-bond donors (Lipinski definition) is 1. The van der Waals surface area contributed by atoms with Gasteiger partial charge in [-0.3, -0.25) is 4.90 Å². The second-order valence-electron chi connectivity index (χ2n) is 8.26. The summed E-state index contributed by atoms with van der Waals surface area (Å²) in [5.41, 5.74) is 3.95. The Morgan fingerprint density at radius 3 is 2.60 bits per heavy atom. The van der Waals surface area contributed by atoms with Gasteiger partial charge in [-0.05, 0) is 66.0 Å². The number of nitrogens with zero attached hydrogens (tertiary/aromatic N) is 3. The van der Waals surface area contributed by atoms with E-state index in [2.05, 4.69) is 79.8 Å². The third-order valence-electron chi connectivity index (χ3n) is 6.43. The Labute approximate surface area is 181 Å². The molecule has 2 aliphatic rings. The molecule has 0 unspecified atom stereocenters. The summed E-state index contributed by atoms with van der Waals surface area (Å²) in [6, 6.07) is 22.2. The molecule has 6 rings (SSSR count). The van der Waals surface area contributed by atoms with Crippen molar-refractivity contribution in [3.63, 3.8) is 0 Å². The fourth-order valence-corrected chi connectivity index (χ4v) is 5.97. The fourth-order valence-electron chi connectivity index (χ4n) is 4.81. The van der Waals surface area contributed by atoms with Crippen LogP contribution in [0.5, 0.6) is 0 Å². The first kappa shape index (κ1) is 18.2. The minimum absolute atomic E-state index is 1.10. The van der Waals surface area contributed by atoms with Gasteiger partial charge in [0.1, 0.15) is 0 Å². The number of rotatable bonds is 5. The molecule has 1 aromatic heterocycles. The van der Waals surface area contributed by atoms with Crippen molar-refractivity contribution in [3.05, 3.63) is 66.9 Å². The zero-order chi connectivity index (χ0) is 19.9. The lowest BCUT2D eigenvalue weighted by molar-refractivity contribution is 0.256. The van der Waals surface area contributed by atoms with E-state index in [4.69, 9.17) is 0 Å². The molecule has 5 heteroatoms. The van der Waals surface area contributed by atoms with Crippen molar-refractivity contribution >= 4 is 45.0 Å². The largest absolute Gasteiger partial charge is 0.369 e. The van der Waals surface area contributed by atoms with Crippen LogP contribution in [0.25, 0.3) is 21.7 Å². The lowest BCUT2D eigenvalue weighted by Gasteiger charge is -2.36. The Bertz CT molecular complexity index is 1190. The summed E-state index contributed by atoms with van der Waals surface area (Å²) in [6.45, 7) is 6.78. The molecule has 30 heavy (non-hydrogen) atoms. The highest BCUT2D eigenvalue weighted by molar-refractivity contribution is 8.01. The molecule has 3 heterocycles. The van der Waals surface area contributed by atoms with E-state index in [1.165, 1.54) is 50.9 Å². The lowest BCUT2D eigenvalue weighted by atomic mass is 10.1. The molecule has 4 nitrogen and oxygen atoms in total. The Morgan fingerprint density at radius 1 is 0.833 bits per heavy atom. The summed E-state index contributed by atoms with van der Waals surface area (Å²) in [6.07, 6.45) is 3.22. The molecule has 1 N–H and O–H groups in total. The normalized spacial score (nSPS) is 16.8. The van der Waals surface area contributed by atoms with E-state index >= 15 is 0 Å². The van der Waals surface area contributed by atoms with Crippen LogP contribution in [-0.4, -0.2) is 49.2 Å². The third kappa shape index (κ3) is 3.22. The SMILES string of the molecule is c1cc2c3c(cccc3c1)N(CCCN1CCN(c3ccc4cc[nH]c4c3)CC1)S2. The van der Waals surface area contributed by atoms with E-state index in [1.54, 1.807) is 0 Å². The van der Waals surface area contributed by atoms with E-state index in [1.807, 2.05) is 18.1 Å². The average Bonchev–Trinajstić information content (AvgIpc) is 3.40. The smallest absolute Gasteiger partial charge is 0.0563 e. The number of benzene rings is 3. The van der Waals surface area contributed by atoms with Crippen LogP contribution in [0.4, 0.5) is 11.4 Å². The van der Waals surface area contributed by atoms with E-state index < -0.39 is 0 Å². The Balaban J connectivity index is 1.03. The molecule has 1 fully saturated rings. The maximum absolute atomic E-state index is 3.33. The molecule has 0 spiro atoms. The molecule has 0 amide bonds. The van der Waals surface area contributed by atoms with Crippen LogP contribution in [0.2, 0.25) is 0 Å². The van der Waals surface area contributed by atoms with E-state index in [0.717, 1.165) is 32.7 Å². The second-order valence-corrected chi connectivity index (χ2v) is 9.32. The highest BCUT2D eigenvalue weighted by Gasteiger charge is 2.23. The Morgan fingerprint density at radius 2 is 1.70 bits per heavy atom. The van der Waals surface area contributed by atoms with Crippen LogP contribution < -0.4 is 9.21 Å². The van der Waals surface area contributed by atoms with Gasteiger partial charge in [-0.15, -0.1) is 0 Å². The van der Waals surface area contributed by atoms with Crippen LogP contribution in [0.1, 0.15) is 6.42 Å². The highest BCUT2D eigenvalue weighted by Crippen LogP contribution is 2.45. The first-order valence-electron chi connectivity index (χ1n) is 10.9. The van der Waals surface area contributed by atoms with Crippen LogP contribution in [0.3, 0.4) is 0 Å². The van der Waals surface area contributed by atoms with Crippen molar-refractivity contribution in [2.75, 3.05) is 48.5 Å². The van der Waals surface area contributed by atoms with Crippen LogP contribution in [0, 0.1) is 0 Å². The first-order chi connectivity index (χ1) is 14.8. The maximum atomic E-state index is 3.33. The van der Waals surface area contributed by atoms with Crippen molar-refractivity contribution < 1.29 is 0 Å². The van der Waals surface area contributed by atoms with Gasteiger partial charge in [0.05, 0.1) is 5.69 Å². The molecular weight excluding hydrogens is 388 g/mol. The van der Waals surface area contributed by atoms with Gasteiger partial charge in [0.25, 0.3) is 0 Å². The molecule has 152 valence electrons. The van der Waals surface area contributed by atoms with E-state index in [0.29, 0.717) is 0 Å². The summed E-state index contributed by atoms with van der Waals surface area (Å²) in [4.78, 5) is 9.87. The topological polar surface area (TPSA) is 25.5 Å².